The Bertz CT molecular complexity index is 1010. The molecule has 0 saturated carbocycles. The van der Waals surface area contributed by atoms with Crippen LogP contribution in [0.2, 0.25) is 0 Å². The number of aryl methyl sites for hydroxylation is 1. The van der Waals surface area contributed by atoms with Crippen LogP contribution in [0.25, 0.3) is 0 Å². The van der Waals surface area contributed by atoms with E-state index in [1.54, 1.807) is 14.2 Å². The van der Waals surface area contributed by atoms with Crippen LogP contribution in [0.1, 0.15) is 36.0 Å². The third kappa shape index (κ3) is 6.46. The van der Waals surface area contributed by atoms with Crippen molar-refractivity contribution in [2.24, 2.45) is 0 Å². The Morgan fingerprint density at radius 3 is 2.41 bits per heavy atom. The lowest BCUT2D eigenvalue weighted by molar-refractivity contribution is -0.121. The van der Waals surface area contributed by atoms with Gasteiger partial charge in [0, 0.05) is 26.1 Å². The molecule has 0 bridgehead atoms. The van der Waals surface area contributed by atoms with Crippen molar-refractivity contribution in [3.63, 3.8) is 0 Å². The van der Waals surface area contributed by atoms with Crippen LogP contribution in [0.4, 0.5) is 0 Å². The van der Waals surface area contributed by atoms with Crippen molar-refractivity contribution in [1.82, 2.24) is 9.62 Å². The Labute approximate surface area is 190 Å². The third-order valence-electron chi connectivity index (χ3n) is 5.69. The zero-order valence-corrected chi connectivity index (χ0v) is 19.6. The molecule has 0 aliphatic carbocycles. The maximum absolute atomic E-state index is 12.8. The summed E-state index contributed by atoms with van der Waals surface area (Å²) in [5, 5.41) is 2.84. The zero-order valence-electron chi connectivity index (χ0n) is 18.8. The number of methoxy groups -OCH3 is 2. The number of ether oxygens (including phenoxy) is 2. The molecule has 1 aliphatic heterocycles. The van der Waals surface area contributed by atoms with Crippen molar-refractivity contribution in [2.75, 3.05) is 33.1 Å². The molecule has 7 nitrogen and oxygen atoms in total. The first kappa shape index (κ1) is 24.1. The second-order valence-electron chi connectivity index (χ2n) is 7.92. The monoisotopic (exact) mass is 460 g/mol. The molecule has 1 aliphatic rings. The van der Waals surface area contributed by atoms with Gasteiger partial charge in [-0.15, -0.1) is 0 Å². The lowest BCUT2D eigenvalue weighted by atomic mass is 10.0. The average molecular weight is 461 g/mol. The fourth-order valence-corrected chi connectivity index (χ4v) is 5.36. The molecule has 32 heavy (non-hydrogen) atoms. The van der Waals surface area contributed by atoms with Gasteiger partial charge in [0.15, 0.2) is 11.5 Å². The van der Waals surface area contributed by atoms with Gasteiger partial charge in [0.2, 0.25) is 15.9 Å². The summed E-state index contributed by atoms with van der Waals surface area (Å²) in [6.07, 6.45) is 3.09. The fourth-order valence-electron chi connectivity index (χ4n) is 3.89. The Morgan fingerprint density at radius 1 is 1.03 bits per heavy atom. The minimum Gasteiger partial charge on any atom is -0.493 e. The van der Waals surface area contributed by atoms with Crippen LogP contribution in [-0.4, -0.2) is 51.7 Å². The molecule has 8 heteroatoms. The second-order valence-corrected chi connectivity index (χ2v) is 10.0. The molecule has 2 aromatic carbocycles. The first-order valence-electron chi connectivity index (χ1n) is 10.9. The molecule has 2 aromatic rings. The Balaban J connectivity index is 1.42. The largest absolute Gasteiger partial charge is 0.493 e. The van der Waals surface area contributed by atoms with Crippen LogP contribution in [0.3, 0.4) is 0 Å². The highest BCUT2D eigenvalue weighted by Gasteiger charge is 2.27. The third-order valence-corrected chi connectivity index (χ3v) is 7.59. The van der Waals surface area contributed by atoms with Crippen molar-refractivity contribution in [3.8, 4) is 11.5 Å². The molecule has 0 fully saturated rings. The fraction of sp³-hybridized carbons (Fsp3) is 0.458. The molecule has 0 saturated heterocycles. The first-order chi connectivity index (χ1) is 15.4. The van der Waals surface area contributed by atoms with Gasteiger partial charge >= 0.3 is 0 Å². The van der Waals surface area contributed by atoms with E-state index in [2.05, 4.69) is 5.32 Å². The smallest absolute Gasteiger partial charge is 0.220 e. The zero-order chi connectivity index (χ0) is 23.0. The van der Waals surface area contributed by atoms with Crippen LogP contribution in [0, 0.1) is 0 Å². The molecule has 0 radical (unpaired) electrons. The number of carbonyl (C=O) groups is 1. The summed E-state index contributed by atoms with van der Waals surface area (Å²) in [4.78, 5) is 12.0. The van der Waals surface area contributed by atoms with Crippen LogP contribution in [0.15, 0.2) is 42.5 Å². The number of hydrogen-bond donors (Lipinski definition) is 1. The molecule has 174 valence electrons. The number of hydrogen-bond acceptors (Lipinski definition) is 5. The highest BCUT2D eigenvalue weighted by atomic mass is 32.2. The predicted molar refractivity (Wildman–Crippen MR) is 124 cm³/mol. The number of sulfonamides is 1. The molecule has 0 spiro atoms. The van der Waals surface area contributed by atoms with Crippen molar-refractivity contribution in [3.05, 3.63) is 59.2 Å². The number of nitrogens with zero attached hydrogens (tertiary/aromatic N) is 1. The van der Waals surface area contributed by atoms with Crippen LogP contribution in [0.5, 0.6) is 11.5 Å². The number of benzene rings is 2. The predicted octanol–water partition coefficient (Wildman–Crippen LogP) is 2.92. The SMILES string of the molecule is COc1cc2c(cc1OC)CN(S(=O)(=O)CCCNC(=O)CCCc1ccccc1)CC2. The summed E-state index contributed by atoms with van der Waals surface area (Å²) in [6.45, 7) is 1.12. The normalized spacial score (nSPS) is 13.9. The van der Waals surface area contributed by atoms with E-state index in [9.17, 15) is 13.2 Å². The van der Waals surface area contributed by atoms with Gasteiger partial charge < -0.3 is 14.8 Å². The van der Waals surface area contributed by atoms with Crippen molar-refractivity contribution >= 4 is 15.9 Å². The molecule has 0 unspecified atom stereocenters. The lowest BCUT2D eigenvalue weighted by Crippen LogP contribution is -2.38. The van der Waals surface area contributed by atoms with Gasteiger partial charge in [-0.25, -0.2) is 8.42 Å². The van der Waals surface area contributed by atoms with Crippen LogP contribution < -0.4 is 14.8 Å². The second kappa shape index (κ2) is 11.3. The molecule has 1 amide bonds. The average Bonchev–Trinajstić information content (AvgIpc) is 2.81. The van der Waals surface area contributed by atoms with Gasteiger partial charge in [-0.05, 0) is 54.5 Å². The lowest BCUT2D eigenvalue weighted by Gasteiger charge is -2.29. The first-order valence-corrected chi connectivity index (χ1v) is 12.6. The summed E-state index contributed by atoms with van der Waals surface area (Å²) in [7, 11) is -0.246. The van der Waals surface area contributed by atoms with Gasteiger partial charge in [0.1, 0.15) is 0 Å². The minimum absolute atomic E-state index is 0.0138. The molecular formula is C24H32N2O5S. The van der Waals surface area contributed by atoms with Crippen molar-refractivity contribution < 1.29 is 22.7 Å². The van der Waals surface area contributed by atoms with E-state index < -0.39 is 10.0 Å². The Kier molecular flexibility index (Phi) is 8.53. The molecule has 1 heterocycles. The summed E-state index contributed by atoms with van der Waals surface area (Å²) >= 11 is 0. The quantitative estimate of drug-likeness (QED) is 0.521. The van der Waals surface area contributed by atoms with E-state index in [-0.39, 0.29) is 11.7 Å². The van der Waals surface area contributed by atoms with Crippen LogP contribution >= 0.6 is 0 Å². The van der Waals surface area contributed by atoms with Gasteiger partial charge in [0.25, 0.3) is 0 Å². The summed E-state index contributed by atoms with van der Waals surface area (Å²) in [5.41, 5.74) is 3.23. The number of amides is 1. The Hall–Kier alpha value is -2.58. The highest BCUT2D eigenvalue weighted by Crippen LogP contribution is 2.33. The van der Waals surface area contributed by atoms with E-state index in [1.165, 1.54) is 9.87 Å². The summed E-state index contributed by atoms with van der Waals surface area (Å²) < 4.78 is 37.8. The van der Waals surface area contributed by atoms with E-state index >= 15 is 0 Å². The van der Waals surface area contributed by atoms with E-state index in [0.29, 0.717) is 50.4 Å². The molecule has 0 atom stereocenters. The standard InChI is InChI=1S/C24H32N2O5S/c1-30-22-16-20-12-14-26(18-21(20)17-23(22)31-2)32(28,29)15-7-13-25-24(27)11-6-10-19-8-4-3-5-9-19/h3-5,8-9,16-17H,6-7,10-15,18H2,1-2H3,(H,25,27). The molecule has 0 aromatic heterocycles. The number of carbonyl (C=O) groups excluding carboxylic acids is 1. The van der Waals surface area contributed by atoms with Gasteiger partial charge in [-0.3, -0.25) is 4.79 Å². The van der Waals surface area contributed by atoms with Crippen molar-refractivity contribution in [1.29, 1.82) is 0 Å². The maximum Gasteiger partial charge on any atom is 0.220 e. The van der Waals surface area contributed by atoms with Gasteiger partial charge in [0.05, 0.1) is 20.0 Å². The molecule has 3 rings (SSSR count). The van der Waals surface area contributed by atoms with Crippen LogP contribution in [-0.2, 0) is 34.2 Å². The number of nitrogens with one attached hydrogen (secondary N) is 1. The van der Waals surface area contributed by atoms with E-state index in [1.807, 2.05) is 42.5 Å². The maximum atomic E-state index is 12.8. The van der Waals surface area contributed by atoms with Crippen molar-refractivity contribution in [2.45, 2.75) is 38.6 Å². The molecule has 1 N–H and O–H groups in total. The number of rotatable bonds is 11. The highest BCUT2D eigenvalue weighted by molar-refractivity contribution is 7.89. The minimum atomic E-state index is -3.40. The molecular weight excluding hydrogens is 428 g/mol. The van der Waals surface area contributed by atoms with Gasteiger partial charge in [-0.1, -0.05) is 30.3 Å². The summed E-state index contributed by atoms with van der Waals surface area (Å²) in [5.74, 6) is 1.23. The van der Waals surface area contributed by atoms with E-state index in [0.717, 1.165) is 24.0 Å². The van der Waals surface area contributed by atoms with E-state index in [4.69, 9.17) is 9.47 Å². The number of fused-ring (bicyclic) bond motifs is 1. The Morgan fingerprint density at radius 2 is 1.72 bits per heavy atom. The topological polar surface area (TPSA) is 84.9 Å². The summed E-state index contributed by atoms with van der Waals surface area (Å²) in [6, 6.07) is 13.8. The van der Waals surface area contributed by atoms with Gasteiger partial charge in [-0.2, -0.15) is 4.31 Å².